The Morgan fingerprint density at radius 3 is 2.63 bits per heavy atom. The number of benzene rings is 2. The van der Waals surface area contributed by atoms with Gasteiger partial charge in [0.2, 0.25) is 11.2 Å². The van der Waals surface area contributed by atoms with Crippen molar-refractivity contribution in [2.45, 2.75) is 19.8 Å². The van der Waals surface area contributed by atoms with Gasteiger partial charge in [0.25, 0.3) is 0 Å². The fourth-order valence-electron chi connectivity index (χ4n) is 2.67. The van der Waals surface area contributed by atoms with Crippen molar-refractivity contribution in [3.05, 3.63) is 64.5 Å². The number of esters is 1. The molecule has 0 N–H and O–H groups in total. The first-order valence-corrected chi connectivity index (χ1v) is 8.51. The zero-order chi connectivity index (χ0) is 19.4. The van der Waals surface area contributed by atoms with Gasteiger partial charge in [0.05, 0.1) is 5.39 Å². The minimum atomic E-state index is -0.538. The van der Waals surface area contributed by atoms with E-state index >= 15 is 0 Å². The molecule has 3 rings (SSSR count). The number of para-hydroxylation sites is 1. The van der Waals surface area contributed by atoms with Crippen LogP contribution in [0.15, 0.2) is 57.9 Å². The number of hydrogen-bond donors (Lipinski definition) is 0. The zero-order valence-electron chi connectivity index (χ0n) is 15.4. The number of ether oxygens (including phenoxy) is 3. The van der Waals surface area contributed by atoms with Crippen LogP contribution in [-0.2, 0) is 9.53 Å². The van der Waals surface area contributed by atoms with Crippen LogP contribution in [0.4, 0.5) is 0 Å². The molecule has 0 radical (unpaired) electrons. The summed E-state index contributed by atoms with van der Waals surface area (Å²) >= 11 is 0. The normalized spacial score (nSPS) is 11.0. The lowest BCUT2D eigenvalue weighted by atomic mass is 10.0. The Hall–Kier alpha value is -3.12. The first-order chi connectivity index (χ1) is 13.0. The fraction of sp³-hybridized carbons (Fsp3) is 0.238. The molecular formula is C21H20O6. The van der Waals surface area contributed by atoms with Gasteiger partial charge in [0.1, 0.15) is 30.0 Å². The molecule has 0 unspecified atom stereocenters. The lowest BCUT2D eigenvalue weighted by Crippen LogP contribution is -2.14. The number of carbonyl (C=O) groups excluding carboxylic acids is 1. The van der Waals surface area contributed by atoms with E-state index in [1.165, 1.54) is 31.6 Å². The average Bonchev–Trinajstić information content (AvgIpc) is 2.64. The monoisotopic (exact) mass is 368 g/mol. The highest BCUT2D eigenvalue weighted by atomic mass is 16.6. The van der Waals surface area contributed by atoms with E-state index in [2.05, 4.69) is 13.8 Å². The highest BCUT2D eigenvalue weighted by Gasteiger charge is 2.14. The van der Waals surface area contributed by atoms with Crippen molar-refractivity contribution in [2.75, 3.05) is 13.7 Å². The van der Waals surface area contributed by atoms with Crippen molar-refractivity contribution in [1.82, 2.24) is 0 Å². The van der Waals surface area contributed by atoms with Crippen LogP contribution in [0.25, 0.3) is 11.0 Å². The second-order valence-electron chi connectivity index (χ2n) is 6.29. The predicted octanol–water partition coefficient (Wildman–Crippen LogP) is 4.26. The van der Waals surface area contributed by atoms with Gasteiger partial charge in [-0.15, -0.1) is 0 Å². The van der Waals surface area contributed by atoms with E-state index < -0.39 is 5.97 Å². The predicted molar refractivity (Wildman–Crippen MR) is 101 cm³/mol. The van der Waals surface area contributed by atoms with Crippen LogP contribution >= 0.6 is 0 Å². The maximum Gasteiger partial charge on any atom is 0.337 e. The topological polar surface area (TPSA) is 75.0 Å². The number of methoxy groups -OCH3 is 1. The number of carbonyl (C=O) groups is 1. The summed E-state index contributed by atoms with van der Waals surface area (Å²) < 4.78 is 21.2. The Bertz CT molecular complexity index is 1020. The van der Waals surface area contributed by atoms with Gasteiger partial charge >= 0.3 is 5.97 Å². The molecule has 0 aliphatic carbocycles. The lowest BCUT2D eigenvalue weighted by molar-refractivity contribution is -0.138. The third kappa shape index (κ3) is 4.17. The van der Waals surface area contributed by atoms with Crippen LogP contribution in [0, 0.1) is 0 Å². The van der Waals surface area contributed by atoms with Gasteiger partial charge in [-0.1, -0.05) is 32.0 Å². The first kappa shape index (κ1) is 18.7. The third-order valence-electron chi connectivity index (χ3n) is 3.97. The molecule has 140 valence electrons. The standard InChI is InChI=1S/C21H20O6/c1-13(2)15-6-4-5-7-17(15)27-19-11-25-18-10-14(26-20(22)12-24-3)8-9-16(18)21(19)23/h4-11,13H,12H2,1-3H3. The van der Waals surface area contributed by atoms with Gasteiger partial charge in [0.15, 0.2) is 0 Å². The number of fused-ring (bicyclic) bond motifs is 1. The van der Waals surface area contributed by atoms with Crippen LogP contribution in [0.3, 0.4) is 0 Å². The van der Waals surface area contributed by atoms with E-state index in [1.807, 2.05) is 24.3 Å². The van der Waals surface area contributed by atoms with E-state index in [1.54, 1.807) is 0 Å². The quantitative estimate of drug-likeness (QED) is 0.478. The van der Waals surface area contributed by atoms with Crippen molar-refractivity contribution in [1.29, 1.82) is 0 Å². The Balaban J connectivity index is 1.92. The van der Waals surface area contributed by atoms with Crippen LogP contribution in [0.1, 0.15) is 25.3 Å². The summed E-state index contributed by atoms with van der Waals surface area (Å²) in [5.74, 6) is 0.693. The van der Waals surface area contributed by atoms with Crippen molar-refractivity contribution in [2.24, 2.45) is 0 Å². The molecule has 3 aromatic rings. The molecule has 6 nitrogen and oxygen atoms in total. The van der Waals surface area contributed by atoms with Gasteiger partial charge in [-0.3, -0.25) is 4.79 Å². The molecule has 0 amide bonds. The highest BCUT2D eigenvalue weighted by molar-refractivity contribution is 5.81. The molecule has 0 fully saturated rings. The summed E-state index contributed by atoms with van der Waals surface area (Å²) in [6.07, 6.45) is 1.27. The average molecular weight is 368 g/mol. The molecular weight excluding hydrogens is 348 g/mol. The van der Waals surface area contributed by atoms with Crippen LogP contribution in [0.2, 0.25) is 0 Å². The second kappa shape index (κ2) is 8.05. The van der Waals surface area contributed by atoms with Gasteiger partial charge in [0, 0.05) is 13.2 Å². The summed E-state index contributed by atoms with van der Waals surface area (Å²) in [6.45, 7) is 3.94. The van der Waals surface area contributed by atoms with E-state index in [9.17, 15) is 9.59 Å². The van der Waals surface area contributed by atoms with Crippen molar-refractivity contribution in [3.63, 3.8) is 0 Å². The maximum atomic E-state index is 12.7. The highest BCUT2D eigenvalue weighted by Crippen LogP contribution is 2.30. The van der Waals surface area contributed by atoms with E-state index in [0.717, 1.165) is 5.56 Å². The summed E-state index contributed by atoms with van der Waals surface area (Å²) in [7, 11) is 1.40. The minimum absolute atomic E-state index is 0.0970. The molecule has 0 saturated carbocycles. The molecule has 2 aromatic carbocycles. The fourth-order valence-corrected chi connectivity index (χ4v) is 2.67. The van der Waals surface area contributed by atoms with Crippen molar-refractivity contribution >= 4 is 16.9 Å². The Morgan fingerprint density at radius 2 is 1.89 bits per heavy atom. The molecule has 0 atom stereocenters. The molecule has 0 saturated heterocycles. The number of hydrogen-bond acceptors (Lipinski definition) is 6. The Kier molecular flexibility index (Phi) is 5.57. The van der Waals surface area contributed by atoms with Crippen molar-refractivity contribution < 1.29 is 23.4 Å². The molecule has 0 spiro atoms. The molecule has 27 heavy (non-hydrogen) atoms. The summed E-state index contributed by atoms with van der Waals surface area (Å²) in [5, 5.41) is 0.334. The lowest BCUT2D eigenvalue weighted by Gasteiger charge is -2.13. The van der Waals surface area contributed by atoms with Crippen LogP contribution in [0.5, 0.6) is 17.2 Å². The van der Waals surface area contributed by atoms with Gasteiger partial charge in [-0.2, -0.15) is 0 Å². The number of rotatable bonds is 6. The molecule has 0 aliphatic heterocycles. The third-order valence-corrected chi connectivity index (χ3v) is 3.97. The minimum Gasteiger partial charge on any atom is -0.460 e. The largest absolute Gasteiger partial charge is 0.460 e. The van der Waals surface area contributed by atoms with Gasteiger partial charge in [-0.25, -0.2) is 4.79 Å². The summed E-state index contributed by atoms with van der Waals surface area (Å²) in [5.41, 5.74) is 0.995. The first-order valence-electron chi connectivity index (χ1n) is 8.51. The molecule has 0 bridgehead atoms. The summed E-state index contributed by atoms with van der Waals surface area (Å²) in [6, 6.07) is 12.1. The maximum absolute atomic E-state index is 12.7. The summed E-state index contributed by atoms with van der Waals surface area (Å²) in [4.78, 5) is 24.2. The van der Waals surface area contributed by atoms with E-state index in [-0.39, 0.29) is 29.5 Å². The van der Waals surface area contributed by atoms with Crippen molar-refractivity contribution in [3.8, 4) is 17.2 Å². The van der Waals surface area contributed by atoms with Gasteiger partial charge < -0.3 is 18.6 Å². The smallest absolute Gasteiger partial charge is 0.337 e. The van der Waals surface area contributed by atoms with Crippen LogP contribution < -0.4 is 14.9 Å². The molecule has 1 aromatic heterocycles. The molecule has 0 aliphatic rings. The molecule has 1 heterocycles. The van der Waals surface area contributed by atoms with E-state index in [0.29, 0.717) is 16.7 Å². The van der Waals surface area contributed by atoms with Gasteiger partial charge in [-0.05, 0) is 29.7 Å². The van der Waals surface area contributed by atoms with Crippen LogP contribution in [-0.4, -0.2) is 19.7 Å². The Morgan fingerprint density at radius 1 is 1.11 bits per heavy atom. The van der Waals surface area contributed by atoms with E-state index in [4.69, 9.17) is 18.6 Å². The zero-order valence-corrected chi connectivity index (χ0v) is 15.4. The second-order valence-corrected chi connectivity index (χ2v) is 6.29. The Labute approximate surface area is 156 Å². The molecule has 6 heteroatoms. The SMILES string of the molecule is COCC(=O)Oc1ccc2c(=O)c(Oc3ccccc3C(C)C)coc2c1.